The number of carbonyl (C=O) groups excluding carboxylic acids is 3. The van der Waals surface area contributed by atoms with Crippen LogP contribution in [0.5, 0.6) is 5.75 Å². The molecule has 2 aromatic carbocycles. The van der Waals surface area contributed by atoms with Crippen molar-refractivity contribution in [2.45, 2.75) is 24.8 Å². The van der Waals surface area contributed by atoms with Gasteiger partial charge in [0.2, 0.25) is 5.91 Å². The van der Waals surface area contributed by atoms with E-state index in [0.29, 0.717) is 28.3 Å². The predicted octanol–water partition coefficient (Wildman–Crippen LogP) is 4.14. The zero-order valence-electron chi connectivity index (χ0n) is 17.6. The van der Waals surface area contributed by atoms with Crippen molar-refractivity contribution in [3.05, 3.63) is 59.2 Å². The maximum atomic E-state index is 13.0. The Kier molecular flexibility index (Phi) is 6.24. The van der Waals surface area contributed by atoms with Gasteiger partial charge in [-0.15, -0.1) is 0 Å². The van der Waals surface area contributed by atoms with Crippen LogP contribution in [0.25, 0.3) is 0 Å². The molecule has 1 aliphatic rings. The van der Waals surface area contributed by atoms with Crippen LogP contribution in [0.3, 0.4) is 0 Å². The number of carbonyl (C=O) groups is 3. The molecule has 0 aromatic heterocycles. The van der Waals surface area contributed by atoms with E-state index in [0.717, 1.165) is 0 Å². The van der Waals surface area contributed by atoms with Crippen LogP contribution in [0.4, 0.5) is 36.8 Å². The number of ether oxygens (including phenoxy) is 1. The first-order valence-electron chi connectivity index (χ1n) is 9.53. The normalized spacial score (nSPS) is 18.6. The van der Waals surface area contributed by atoms with Gasteiger partial charge in [-0.1, -0.05) is 12.1 Å². The van der Waals surface area contributed by atoms with Crippen LogP contribution in [0.1, 0.15) is 23.6 Å². The van der Waals surface area contributed by atoms with Gasteiger partial charge in [-0.25, -0.2) is 4.79 Å². The molecule has 182 valence electrons. The number of urea groups is 1. The van der Waals surface area contributed by atoms with Crippen LogP contribution in [0.2, 0.25) is 0 Å². The minimum Gasteiger partial charge on any atom is -0.497 e. The lowest BCUT2D eigenvalue weighted by molar-refractivity contribution is -0.143. The second kappa shape index (κ2) is 8.54. The van der Waals surface area contributed by atoms with Crippen molar-refractivity contribution in [1.29, 1.82) is 0 Å². The number of alkyl halides is 6. The highest BCUT2D eigenvalue weighted by Crippen LogP contribution is 2.37. The third-order valence-electron chi connectivity index (χ3n) is 5.10. The highest BCUT2D eigenvalue weighted by atomic mass is 19.4. The first-order chi connectivity index (χ1) is 15.6. The molecule has 1 unspecified atom stereocenters. The zero-order valence-corrected chi connectivity index (χ0v) is 17.6. The van der Waals surface area contributed by atoms with Crippen molar-refractivity contribution in [1.82, 2.24) is 10.2 Å². The molecular formula is C21H17F6N3O4. The molecule has 13 heteroatoms. The van der Waals surface area contributed by atoms with E-state index in [9.17, 15) is 40.7 Å². The third-order valence-corrected chi connectivity index (χ3v) is 5.10. The van der Waals surface area contributed by atoms with Crippen LogP contribution >= 0.6 is 0 Å². The van der Waals surface area contributed by atoms with Crippen molar-refractivity contribution in [2.75, 3.05) is 19.0 Å². The van der Waals surface area contributed by atoms with Crippen molar-refractivity contribution in [2.24, 2.45) is 0 Å². The minimum absolute atomic E-state index is 0.0906. The summed E-state index contributed by atoms with van der Waals surface area (Å²) in [5.74, 6) is -1.63. The highest BCUT2D eigenvalue weighted by Gasteiger charge is 2.49. The number of hydrogen-bond acceptors (Lipinski definition) is 4. The fraction of sp³-hybridized carbons (Fsp3) is 0.286. The molecule has 1 aliphatic heterocycles. The van der Waals surface area contributed by atoms with Gasteiger partial charge in [0.05, 0.1) is 18.2 Å². The summed E-state index contributed by atoms with van der Waals surface area (Å²) >= 11 is 0. The van der Waals surface area contributed by atoms with Crippen molar-refractivity contribution < 1.29 is 45.5 Å². The summed E-state index contributed by atoms with van der Waals surface area (Å²) in [5.41, 5.74) is -5.29. The number of nitrogens with one attached hydrogen (secondary N) is 2. The molecule has 1 saturated heterocycles. The number of methoxy groups -OCH3 is 1. The van der Waals surface area contributed by atoms with Gasteiger partial charge in [0.15, 0.2) is 0 Å². The number of anilines is 1. The summed E-state index contributed by atoms with van der Waals surface area (Å²) in [6.45, 7) is 0.435. The lowest BCUT2D eigenvalue weighted by Gasteiger charge is -2.22. The van der Waals surface area contributed by atoms with E-state index in [1.807, 2.05) is 5.32 Å². The predicted molar refractivity (Wildman–Crippen MR) is 106 cm³/mol. The zero-order chi connectivity index (χ0) is 25.5. The summed E-state index contributed by atoms with van der Waals surface area (Å²) in [7, 11) is 1.39. The van der Waals surface area contributed by atoms with Gasteiger partial charge in [-0.05, 0) is 42.8 Å². The second-order valence-corrected chi connectivity index (χ2v) is 7.52. The summed E-state index contributed by atoms with van der Waals surface area (Å²) in [6.07, 6.45) is -10.2. The van der Waals surface area contributed by atoms with Gasteiger partial charge in [0.25, 0.3) is 5.91 Å². The molecule has 2 N–H and O–H groups in total. The van der Waals surface area contributed by atoms with E-state index >= 15 is 0 Å². The minimum atomic E-state index is -5.11. The summed E-state index contributed by atoms with van der Waals surface area (Å²) < 4.78 is 83.1. The number of imide groups is 1. The summed E-state index contributed by atoms with van der Waals surface area (Å²) in [6, 6.07) is 5.77. The standard InChI is InChI=1S/C21H17F6N3O4/c1-19(11-4-3-5-15(9-11)34-2)17(32)30(18(33)29-19)10-16(31)28-14-7-12(20(22,23)24)6-13(8-14)21(25,26)27/h3-9H,10H2,1-2H3,(H,28,31)(H,29,33). The molecule has 1 atom stereocenters. The van der Waals surface area contributed by atoms with E-state index in [-0.39, 0.29) is 6.07 Å². The molecule has 1 fully saturated rings. The number of halogens is 6. The molecule has 1 heterocycles. The van der Waals surface area contributed by atoms with Gasteiger partial charge >= 0.3 is 18.4 Å². The Labute approximate surface area is 188 Å². The third kappa shape index (κ3) is 4.92. The fourth-order valence-corrected chi connectivity index (χ4v) is 3.34. The smallest absolute Gasteiger partial charge is 0.416 e. The second-order valence-electron chi connectivity index (χ2n) is 7.52. The lowest BCUT2D eigenvalue weighted by Crippen LogP contribution is -2.42. The molecule has 0 saturated carbocycles. The molecule has 3 rings (SSSR count). The summed E-state index contributed by atoms with van der Waals surface area (Å²) in [4.78, 5) is 38.2. The topological polar surface area (TPSA) is 87.7 Å². The molecule has 0 bridgehead atoms. The number of rotatable bonds is 5. The molecule has 2 aromatic rings. The number of hydrogen-bond donors (Lipinski definition) is 2. The van der Waals surface area contributed by atoms with Gasteiger partial charge in [-0.2, -0.15) is 26.3 Å². The van der Waals surface area contributed by atoms with Crippen LogP contribution < -0.4 is 15.4 Å². The van der Waals surface area contributed by atoms with Gasteiger partial charge in [-0.3, -0.25) is 14.5 Å². The van der Waals surface area contributed by atoms with Crippen LogP contribution in [0.15, 0.2) is 42.5 Å². The Balaban J connectivity index is 1.82. The van der Waals surface area contributed by atoms with E-state index in [1.165, 1.54) is 26.2 Å². The fourth-order valence-electron chi connectivity index (χ4n) is 3.34. The first kappa shape index (κ1) is 24.9. The van der Waals surface area contributed by atoms with Crippen molar-refractivity contribution >= 4 is 23.5 Å². The van der Waals surface area contributed by atoms with Gasteiger partial charge < -0.3 is 15.4 Å². The molecule has 4 amide bonds. The van der Waals surface area contributed by atoms with E-state index < -0.39 is 59.1 Å². The molecule has 0 radical (unpaired) electrons. The Morgan fingerprint density at radius 2 is 1.62 bits per heavy atom. The number of benzene rings is 2. The molecule has 7 nitrogen and oxygen atoms in total. The Morgan fingerprint density at radius 1 is 1.03 bits per heavy atom. The largest absolute Gasteiger partial charge is 0.497 e. The van der Waals surface area contributed by atoms with E-state index in [2.05, 4.69) is 5.32 Å². The number of amides is 4. The highest BCUT2D eigenvalue weighted by molar-refractivity contribution is 6.10. The Bertz CT molecular complexity index is 1120. The van der Waals surface area contributed by atoms with Crippen LogP contribution in [-0.2, 0) is 27.5 Å². The van der Waals surface area contributed by atoms with Gasteiger partial charge in [0.1, 0.15) is 17.8 Å². The van der Waals surface area contributed by atoms with Crippen molar-refractivity contribution in [3.8, 4) is 5.75 Å². The van der Waals surface area contributed by atoms with Crippen LogP contribution in [-0.4, -0.2) is 36.4 Å². The quantitative estimate of drug-likeness (QED) is 0.488. The van der Waals surface area contributed by atoms with Gasteiger partial charge in [0, 0.05) is 5.69 Å². The van der Waals surface area contributed by atoms with Crippen LogP contribution in [0, 0.1) is 0 Å². The summed E-state index contributed by atoms with van der Waals surface area (Å²) in [5, 5.41) is 4.32. The average molecular weight is 489 g/mol. The SMILES string of the molecule is COc1cccc(C2(C)NC(=O)N(CC(=O)Nc3cc(C(F)(F)F)cc(C(F)(F)F)c3)C2=O)c1. The first-order valence-corrected chi connectivity index (χ1v) is 9.53. The number of nitrogens with zero attached hydrogens (tertiary/aromatic N) is 1. The lowest BCUT2D eigenvalue weighted by atomic mass is 9.92. The molecule has 34 heavy (non-hydrogen) atoms. The van der Waals surface area contributed by atoms with E-state index in [1.54, 1.807) is 12.1 Å². The average Bonchev–Trinajstić information content (AvgIpc) is 2.96. The van der Waals surface area contributed by atoms with E-state index in [4.69, 9.17) is 4.74 Å². The maximum Gasteiger partial charge on any atom is 0.416 e. The maximum absolute atomic E-state index is 13.0. The molecule has 0 spiro atoms. The Morgan fingerprint density at radius 3 is 2.15 bits per heavy atom. The Hall–Kier alpha value is -3.77. The van der Waals surface area contributed by atoms with Crippen molar-refractivity contribution in [3.63, 3.8) is 0 Å². The molecular weight excluding hydrogens is 472 g/mol. The monoisotopic (exact) mass is 489 g/mol. The molecule has 0 aliphatic carbocycles.